The minimum absolute atomic E-state index is 0.349. The van der Waals surface area contributed by atoms with Crippen molar-refractivity contribution in [2.24, 2.45) is 0 Å². The number of aromatic carboxylic acids is 1. The second kappa shape index (κ2) is 5.50. The molecule has 1 aliphatic heterocycles. The molecule has 0 spiro atoms. The smallest absolute Gasteiger partial charge is 0.335 e. The molecule has 0 saturated carbocycles. The van der Waals surface area contributed by atoms with E-state index in [2.05, 4.69) is 16.9 Å². The van der Waals surface area contributed by atoms with Crippen LogP contribution in [0.4, 0.5) is 0 Å². The van der Waals surface area contributed by atoms with E-state index in [9.17, 15) is 4.79 Å². The maximum atomic E-state index is 11.1. The molecule has 0 unspecified atom stereocenters. The summed E-state index contributed by atoms with van der Waals surface area (Å²) in [6.45, 7) is 2.28. The molecule has 0 aliphatic carbocycles. The lowest BCUT2D eigenvalue weighted by atomic mass is 10.1. The van der Waals surface area contributed by atoms with Gasteiger partial charge in [-0.25, -0.2) is 4.79 Å². The highest BCUT2D eigenvalue weighted by Crippen LogP contribution is 2.35. The van der Waals surface area contributed by atoms with Crippen LogP contribution in [0.3, 0.4) is 0 Å². The molecule has 2 N–H and O–H groups in total. The summed E-state index contributed by atoms with van der Waals surface area (Å²) in [4.78, 5) is 17.8. The molecule has 1 saturated heterocycles. The number of likely N-dealkylation sites (tertiary alicyclic amines) is 1. The maximum absolute atomic E-state index is 11.1. The first kappa shape index (κ1) is 13.5. The van der Waals surface area contributed by atoms with Crippen LogP contribution in [0.5, 0.6) is 0 Å². The van der Waals surface area contributed by atoms with E-state index in [1.165, 1.54) is 12.8 Å². The van der Waals surface area contributed by atoms with E-state index in [0.717, 1.165) is 28.9 Å². The second-order valence-electron chi connectivity index (χ2n) is 5.34. The molecule has 4 nitrogen and oxygen atoms in total. The fourth-order valence-electron chi connectivity index (χ4n) is 2.61. The lowest BCUT2D eigenvalue weighted by Gasteiger charge is -2.28. The van der Waals surface area contributed by atoms with Crippen molar-refractivity contribution in [2.45, 2.75) is 23.0 Å². The molecule has 0 bridgehead atoms. The molecule has 106 valence electrons. The highest BCUT2D eigenvalue weighted by atomic mass is 32.2. The molecule has 1 aromatic carbocycles. The molecule has 2 aromatic rings. The number of aromatic amines is 1. The van der Waals surface area contributed by atoms with Gasteiger partial charge in [-0.2, -0.15) is 0 Å². The van der Waals surface area contributed by atoms with Gasteiger partial charge in [-0.3, -0.25) is 0 Å². The van der Waals surface area contributed by atoms with Gasteiger partial charge in [0.25, 0.3) is 0 Å². The molecule has 1 aromatic heterocycles. The number of piperidine rings is 1. The van der Waals surface area contributed by atoms with Gasteiger partial charge < -0.3 is 15.0 Å². The number of aromatic nitrogens is 1. The van der Waals surface area contributed by atoms with Crippen LogP contribution in [0.25, 0.3) is 10.9 Å². The predicted molar refractivity (Wildman–Crippen MR) is 81.6 cm³/mol. The van der Waals surface area contributed by atoms with Crippen LogP contribution >= 0.6 is 11.8 Å². The van der Waals surface area contributed by atoms with Crippen molar-refractivity contribution >= 4 is 28.6 Å². The maximum Gasteiger partial charge on any atom is 0.335 e. The summed E-state index contributed by atoms with van der Waals surface area (Å²) in [5.74, 6) is -0.872. The van der Waals surface area contributed by atoms with Gasteiger partial charge in [0.15, 0.2) is 0 Å². The summed E-state index contributed by atoms with van der Waals surface area (Å²) in [6, 6.07) is 5.26. The number of rotatable bonds is 3. The van der Waals surface area contributed by atoms with Crippen molar-refractivity contribution in [3.05, 3.63) is 30.0 Å². The van der Waals surface area contributed by atoms with Crippen molar-refractivity contribution < 1.29 is 9.90 Å². The van der Waals surface area contributed by atoms with Gasteiger partial charge in [-0.05, 0) is 51.2 Å². The lowest BCUT2D eigenvalue weighted by Crippen LogP contribution is -2.31. The van der Waals surface area contributed by atoms with E-state index in [-0.39, 0.29) is 0 Å². The molecule has 20 heavy (non-hydrogen) atoms. The number of nitrogens with one attached hydrogen (secondary N) is 1. The first-order valence-electron chi connectivity index (χ1n) is 6.83. The van der Waals surface area contributed by atoms with Crippen molar-refractivity contribution in [3.63, 3.8) is 0 Å². The standard InChI is InChI=1S/C15H18N2O2S/c1-17-6-4-11(5-7-17)20-14-9-16-13-3-2-10(15(18)19)8-12(13)14/h2-3,8-9,11,16H,4-7H2,1H3,(H,18,19). The highest BCUT2D eigenvalue weighted by molar-refractivity contribution is 8.00. The third-order valence-corrected chi connectivity index (χ3v) is 5.25. The summed E-state index contributed by atoms with van der Waals surface area (Å²) >= 11 is 1.87. The van der Waals surface area contributed by atoms with Gasteiger partial charge in [-0.1, -0.05) is 0 Å². The number of H-pyrrole nitrogens is 1. The normalized spacial score (nSPS) is 17.6. The zero-order valence-corrected chi connectivity index (χ0v) is 12.2. The molecule has 5 heteroatoms. The zero-order chi connectivity index (χ0) is 14.1. The van der Waals surface area contributed by atoms with Crippen LogP contribution in [0, 0.1) is 0 Å². The monoisotopic (exact) mass is 290 g/mol. The van der Waals surface area contributed by atoms with Crippen LogP contribution in [0.1, 0.15) is 23.2 Å². The van der Waals surface area contributed by atoms with Crippen molar-refractivity contribution in [1.29, 1.82) is 0 Å². The van der Waals surface area contributed by atoms with Crippen molar-refractivity contribution in [3.8, 4) is 0 Å². The third kappa shape index (κ3) is 2.69. The first-order chi connectivity index (χ1) is 9.63. The SMILES string of the molecule is CN1CCC(Sc2c[nH]c3ccc(C(=O)O)cc23)CC1. The van der Waals surface area contributed by atoms with Gasteiger partial charge in [0, 0.05) is 27.2 Å². The molecule has 3 rings (SSSR count). The summed E-state index contributed by atoms with van der Waals surface area (Å²) in [5.41, 5.74) is 1.35. The Kier molecular flexibility index (Phi) is 3.72. The topological polar surface area (TPSA) is 56.3 Å². The number of thioether (sulfide) groups is 1. The summed E-state index contributed by atoms with van der Waals surface area (Å²) < 4.78 is 0. The van der Waals surface area contributed by atoms with Crippen LogP contribution in [-0.4, -0.2) is 46.3 Å². The van der Waals surface area contributed by atoms with E-state index < -0.39 is 5.97 Å². The Balaban J connectivity index is 1.84. The van der Waals surface area contributed by atoms with Crippen LogP contribution in [0.15, 0.2) is 29.3 Å². The van der Waals surface area contributed by atoms with E-state index in [1.54, 1.807) is 12.1 Å². The summed E-state index contributed by atoms with van der Waals surface area (Å²) in [6.07, 6.45) is 4.37. The van der Waals surface area contributed by atoms with E-state index in [1.807, 2.05) is 24.0 Å². The number of hydrogen-bond acceptors (Lipinski definition) is 3. The Morgan fingerprint density at radius 3 is 2.85 bits per heavy atom. The van der Waals surface area contributed by atoms with Crippen molar-refractivity contribution in [1.82, 2.24) is 9.88 Å². The lowest BCUT2D eigenvalue weighted by molar-refractivity contribution is 0.0697. The quantitative estimate of drug-likeness (QED) is 0.912. The Hall–Kier alpha value is -1.46. The fourth-order valence-corrected chi connectivity index (χ4v) is 3.84. The number of carbonyl (C=O) groups is 1. The summed E-state index contributed by atoms with van der Waals surface area (Å²) in [7, 11) is 2.16. The van der Waals surface area contributed by atoms with Gasteiger partial charge in [0.05, 0.1) is 5.56 Å². The molecule has 0 amide bonds. The molecular formula is C15H18N2O2S. The van der Waals surface area contributed by atoms with E-state index in [4.69, 9.17) is 5.11 Å². The van der Waals surface area contributed by atoms with Crippen LogP contribution in [0.2, 0.25) is 0 Å². The largest absolute Gasteiger partial charge is 0.478 e. The van der Waals surface area contributed by atoms with E-state index >= 15 is 0 Å². The van der Waals surface area contributed by atoms with Gasteiger partial charge in [-0.15, -0.1) is 11.8 Å². The average molecular weight is 290 g/mol. The predicted octanol–water partition coefficient (Wildman–Crippen LogP) is 3.05. The molecule has 2 heterocycles. The summed E-state index contributed by atoms with van der Waals surface area (Å²) in [5, 5.41) is 10.7. The zero-order valence-electron chi connectivity index (χ0n) is 11.4. The van der Waals surface area contributed by atoms with Gasteiger partial charge >= 0.3 is 5.97 Å². The Labute approximate surface area is 122 Å². The number of hydrogen-bond donors (Lipinski definition) is 2. The third-order valence-electron chi connectivity index (χ3n) is 3.85. The average Bonchev–Trinajstić information content (AvgIpc) is 2.84. The highest BCUT2D eigenvalue weighted by Gasteiger charge is 2.19. The Bertz CT molecular complexity index is 630. The number of fused-ring (bicyclic) bond motifs is 1. The van der Waals surface area contributed by atoms with Crippen LogP contribution < -0.4 is 0 Å². The number of benzene rings is 1. The minimum atomic E-state index is -0.872. The number of nitrogens with zero attached hydrogens (tertiary/aromatic N) is 1. The Morgan fingerprint density at radius 2 is 2.15 bits per heavy atom. The number of carboxylic acids is 1. The van der Waals surface area contributed by atoms with Gasteiger partial charge in [0.1, 0.15) is 0 Å². The second-order valence-corrected chi connectivity index (χ2v) is 6.68. The first-order valence-corrected chi connectivity index (χ1v) is 7.71. The molecule has 1 aliphatic rings. The van der Waals surface area contributed by atoms with E-state index in [0.29, 0.717) is 10.8 Å². The Morgan fingerprint density at radius 1 is 1.40 bits per heavy atom. The fraction of sp³-hybridized carbons (Fsp3) is 0.400. The molecule has 1 fully saturated rings. The van der Waals surface area contributed by atoms with Gasteiger partial charge in [0.2, 0.25) is 0 Å². The minimum Gasteiger partial charge on any atom is -0.478 e. The van der Waals surface area contributed by atoms with Crippen molar-refractivity contribution in [2.75, 3.05) is 20.1 Å². The number of carboxylic acid groups (broad SMARTS) is 1. The molecule has 0 radical (unpaired) electrons. The van der Waals surface area contributed by atoms with Crippen LogP contribution in [-0.2, 0) is 0 Å². The molecule has 0 atom stereocenters. The molecular weight excluding hydrogens is 272 g/mol.